The molecular formula is C17H15N3. The van der Waals surface area contributed by atoms with E-state index in [2.05, 4.69) is 34.7 Å². The third-order valence-electron chi connectivity index (χ3n) is 3.23. The van der Waals surface area contributed by atoms with Crippen molar-refractivity contribution in [3.05, 3.63) is 72.9 Å². The molecule has 0 saturated heterocycles. The van der Waals surface area contributed by atoms with Crippen LogP contribution in [0.15, 0.2) is 72.9 Å². The van der Waals surface area contributed by atoms with Gasteiger partial charge in [-0.3, -0.25) is 0 Å². The van der Waals surface area contributed by atoms with Gasteiger partial charge in [0, 0.05) is 11.8 Å². The molecule has 0 bridgehead atoms. The first-order chi connectivity index (χ1) is 9.90. The Morgan fingerprint density at radius 1 is 0.750 bits per heavy atom. The number of anilines is 1. The van der Waals surface area contributed by atoms with Crippen LogP contribution in [-0.4, -0.2) is 4.98 Å². The highest BCUT2D eigenvalue weighted by molar-refractivity contribution is 5.89. The zero-order valence-corrected chi connectivity index (χ0v) is 11.0. The average Bonchev–Trinajstić information content (AvgIpc) is 2.55. The second kappa shape index (κ2) is 5.55. The molecule has 3 aromatic rings. The summed E-state index contributed by atoms with van der Waals surface area (Å²) >= 11 is 0. The van der Waals surface area contributed by atoms with Crippen LogP contribution >= 0.6 is 0 Å². The Hall–Kier alpha value is -2.65. The van der Waals surface area contributed by atoms with E-state index in [0.29, 0.717) is 5.82 Å². The largest absolute Gasteiger partial charge is 0.308 e. The van der Waals surface area contributed by atoms with Gasteiger partial charge in [-0.15, -0.1) is 0 Å². The summed E-state index contributed by atoms with van der Waals surface area (Å²) in [6, 6.07) is 22.4. The molecule has 0 fully saturated rings. The lowest BCUT2D eigenvalue weighted by molar-refractivity contribution is 1.23. The summed E-state index contributed by atoms with van der Waals surface area (Å²) in [7, 11) is 0. The van der Waals surface area contributed by atoms with Gasteiger partial charge in [0.25, 0.3) is 0 Å². The number of nitrogen functional groups attached to an aromatic ring is 1. The summed E-state index contributed by atoms with van der Waals surface area (Å²) in [6.07, 6.45) is 1.77. The third kappa shape index (κ3) is 2.27. The van der Waals surface area contributed by atoms with E-state index < -0.39 is 0 Å². The van der Waals surface area contributed by atoms with E-state index in [1.807, 2.05) is 42.5 Å². The number of nitrogens with zero attached hydrogens (tertiary/aromatic N) is 1. The minimum absolute atomic E-state index is 0.678. The van der Waals surface area contributed by atoms with Crippen molar-refractivity contribution in [3.8, 4) is 22.3 Å². The molecule has 3 nitrogen and oxygen atoms in total. The molecule has 0 spiro atoms. The summed E-state index contributed by atoms with van der Waals surface area (Å²) in [5.74, 6) is 6.30. The highest BCUT2D eigenvalue weighted by atomic mass is 15.2. The third-order valence-corrected chi connectivity index (χ3v) is 3.23. The average molecular weight is 261 g/mol. The van der Waals surface area contributed by atoms with Gasteiger partial charge in [-0.1, -0.05) is 60.7 Å². The fraction of sp³-hybridized carbons (Fsp3) is 0. The minimum atomic E-state index is 0.678. The molecule has 0 aliphatic rings. The molecule has 3 rings (SSSR count). The Morgan fingerprint density at radius 3 is 1.95 bits per heavy atom. The van der Waals surface area contributed by atoms with Crippen LogP contribution in [0.2, 0.25) is 0 Å². The Morgan fingerprint density at radius 2 is 1.35 bits per heavy atom. The highest BCUT2D eigenvalue weighted by Gasteiger charge is 2.12. The standard InChI is InChI=1S/C17H15N3/c18-20-17-16(14-9-5-2-6-10-14)15(11-12-19-17)13-7-3-1-4-8-13/h1-12H,18H2,(H,19,20). The van der Waals surface area contributed by atoms with Crippen molar-refractivity contribution in [1.29, 1.82) is 0 Å². The lowest BCUT2D eigenvalue weighted by Crippen LogP contribution is -2.10. The summed E-state index contributed by atoms with van der Waals surface area (Å²) < 4.78 is 0. The van der Waals surface area contributed by atoms with E-state index in [9.17, 15) is 0 Å². The molecule has 0 amide bonds. The minimum Gasteiger partial charge on any atom is -0.308 e. The van der Waals surface area contributed by atoms with Gasteiger partial charge in [0.05, 0.1) is 0 Å². The number of hydrazine groups is 1. The van der Waals surface area contributed by atoms with E-state index in [-0.39, 0.29) is 0 Å². The first-order valence-corrected chi connectivity index (χ1v) is 6.46. The number of nitrogens with one attached hydrogen (secondary N) is 1. The number of aromatic nitrogens is 1. The Kier molecular flexibility index (Phi) is 3.44. The molecule has 1 heterocycles. The fourth-order valence-corrected chi connectivity index (χ4v) is 2.33. The van der Waals surface area contributed by atoms with Gasteiger partial charge in [0.2, 0.25) is 0 Å². The summed E-state index contributed by atoms with van der Waals surface area (Å²) in [5, 5.41) is 0. The monoisotopic (exact) mass is 261 g/mol. The molecule has 0 unspecified atom stereocenters. The molecule has 0 atom stereocenters. The molecule has 0 aliphatic carbocycles. The number of hydrogen-bond donors (Lipinski definition) is 2. The summed E-state index contributed by atoms with van der Waals surface area (Å²) in [4.78, 5) is 4.32. The zero-order chi connectivity index (χ0) is 13.8. The normalized spacial score (nSPS) is 10.2. The number of pyridine rings is 1. The van der Waals surface area contributed by atoms with Crippen molar-refractivity contribution in [3.63, 3.8) is 0 Å². The maximum Gasteiger partial charge on any atom is 0.148 e. The Labute approximate surface area is 118 Å². The maximum atomic E-state index is 5.62. The van der Waals surface area contributed by atoms with Gasteiger partial charge < -0.3 is 5.43 Å². The smallest absolute Gasteiger partial charge is 0.148 e. The van der Waals surface area contributed by atoms with E-state index >= 15 is 0 Å². The summed E-state index contributed by atoms with van der Waals surface area (Å²) in [5.41, 5.74) is 7.05. The molecule has 0 saturated carbocycles. The van der Waals surface area contributed by atoms with E-state index in [1.54, 1.807) is 6.20 Å². The van der Waals surface area contributed by atoms with E-state index in [4.69, 9.17) is 5.84 Å². The van der Waals surface area contributed by atoms with Crippen molar-refractivity contribution >= 4 is 5.82 Å². The van der Waals surface area contributed by atoms with Crippen LogP contribution in [0.4, 0.5) is 5.82 Å². The van der Waals surface area contributed by atoms with Crippen molar-refractivity contribution in [2.24, 2.45) is 5.84 Å². The van der Waals surface area contributed by atoms with Gasteiger partial charge in [0.15, 0.2) is 0 Å². The quantitative estimate of drug-likeness (QED) is 0.558. The topological polar surface area (TPSA) is 50.9 Å². The van der Waals surface area contributed by atoms with Crippen LogP contribution in [0, 0.1) is 0 Å². The van der Waals surface area contributed by atoms with Crippen LogP contribution < -0.4 is 11.3 Å². The van der Waals surface area contributed by atoms with Crippen LogP contribution in [0.25, 0.3) is 22.3 Å². The predicted molar refractivity (Wildman–Crippen MR) is 82.9 cm³/mol. The highest BCUT2D eigenvalue weighted by Crippen LogP contribution is 2.35. The van der Waals surface area contributed by atoms with Crippen molar-refractivity contribution < 1.29 is 0 Å². The summed E-state index contributed by atoms with van der Waals surface area (Å²) in [6.45, 7) is 0. The molecule has 0 radical (unpaired) electrons. The lowest BCUT2D eigenvalue weighted by atomic mass is 9.95. The molecule has 1 aromatic heterocycles. The number of nitrogens with two attached hydrogens (primary N) is 1. The first-order valence-electron chi connectivity index (χ1n) is 6.46. The molecule has 0 aliphatic heterocycles. The second-order valence-corrected chi connectivity index (χ2v) is 4.46. The fourth-order valence-electron chi connectivity index (χ4n) is 2.33. The van der Waals surface area contributed by atoms with Crippen molar-refractivity contribution in [2.75, 3.05) is 5.43 Å². The number of rotatable bonds is 3. The first kappa shape index (κ1) is 12.4. The maximum absolute atomic E-state index is 5.62. The van der Waals surface area contributed by atoms with Crippen LogP contribution in [0.5, 0.6) is 0 Å². The van der Waals surface area contributed by atoms with Crippen molar-refractivity contribution in [1.82, 2.24) is 4.98 Å². The van der Waals surface area contributed by atoms with Crippen LogP contribution in [0.3, 0.4) is 0 Å². The molecule has 20 heavy (non-hydrogen) atoms. The number of benzene rings is 2. The number of hydrogen-bond acceptors (Lipinski definition) is 3. The van der Waals surface area contributed by atoms with Gasteiger partial charge in [0.1, 0.15) is 5.82 Å². The van der Waals surface area contributed by atoms with Gasteiger partial charge >= 0.3 is 0 Å². The Bertz CT molecular complexity index is 694. The van der Waals surface area contributed by atoms with E-state index in [0.717, 1.165) is 22.3 Å². The van der Waals surface area contributed by atoms with Gasteiger partial charge in [-0.2, -0.15) is 0 Å². The van der Waals surface area contributed by atoms with Crippen LogP contribution in [-0.2, 0) is 0 Å². The molecule has 3 N–H and O–H groups in total. The van der Waals surface area contributed by atoms with E-state index in [1.165, 1.54) is 0 Å². The van der Waals surface area contributed by atoms with Gasteiger partial charge in [-0.25, -0.2) is 10.8 Å². The molecule has 2 aromatic carbocycles. The zero-order valence-electron chi connectivity index (χ0n) is 11.0. The molecule has 3 heteroatoms. The van der Waals surface area contributed by atoms with Gasteiger partial charge in [-0.05, 0) is 22.8 Å². The lowest BCUT2D eigenvalue weighted by Gasteiger charge is -2.14. The second-order valence-electron chi connectivity index (χ2n) is 4.46. The van der Waals surface area contributed by atoms with Crippen molar-refractivity contribution in [2.45, 2.75) is 0 Å². The SMILES string of the molecule is NNc1nccc(-c2ccccc2)c1-c1ccccc1. The Balaban J connectivity index is 2.26. The molecular weight excluding hydrogens is 246 g/mol. The molecule has 98 valence electrons. The van der Waals surface area contributed by atoms with Crippen LogP contribution in [0.1, 0.15) is 0 Å². The predicted octanol–water partition coefficient (Wildman–Crippen LogP) is 3.70.